The van der Waals surface area contributed by atoms with Gasteiger partial charge in [0, 0.05) is 24.9 Å². The van der Waals surface area contributed by atoms with Crippen molar-refractivity contribution in [3.05, 3.63) is 24.6 Å². The average molecular weight is 201 g/mol. The summed E-state index contributed by atoms with van der Waals surface area (Å²) in [5, 5.41) is 0. The van der Waals surface area contributed by atoms with E-state index in [1.165, 1.54) is 11.4 Å². The molecule has 1 aliphatic heterocycles. The minimum atomic E-state index is 0.158. The number of allylic oxidation sites excluding steroid dienone is 1. The molecule has 1 rings (SSSR count). The predicted octanol–water partition coefficient (Wildman–Crippen LogP) is 3.12. The molecule has 0 aromatic heterocycles. The molecule has 0 saturated carbocycles. The first-order valence-electron chi connectivity index (χ1n) is 3.84. The van der Waals surface area contributed by atoms with Crippen molar-refractivity contribution in [2.24, 2.45) is 0 Å². The number of nitrogens with zero attached hydrogens (tertiary/aromatic N) is 1. The second-order valence-electron chi connectivity index (χ2n) is 3.23. The Morgan fingerprint density at radius 1 is 1.50 bits per heavy atom. The van der Waals surface area contributed by atoms with Crippen molar-refractivity contribution in [3.63, 3.8) is 0 Å². The Morgan fingerprint density at radius 3 is 2.42 bits per heavy atom. The smallest absolute Gasteiger partial charge is 0.0683 e. The molecule has 3 heteroatoms. The van der Waals surface area contributed by atoms with Crippen molar-refractivity contribution in [1.82, 2.24) is 4.90 Å². The van der Waals surface area contributed by atoms with Crippen LogP contribution in [0.1, 0.15) is 13.3 Å². The molecule has 1 heterocycles. The lowest BCUT2D eigenvalue weighted by atomic mass is 10.1. The van der Waals surface area contributed by atoms with E-state index in [4.69, 9.17) is 0 Å². The Labute approximate surface area is 82.7 Å². The number of likely N-dealkylation sites (tertiary alicyclic amines) is 1. The molecule has 0 N–H and O–H groups in total. The van der Waals surface area contributed by atoms with Crippen molar-refractivity contribution in [2.45, 2.75) is 18.1 Å². The number of rotatable bonds is 2. The Morgan fingerprint density at radius 2 is 2.08 bits per heavy atom. The van der Waals surface area contributed by atoms with Crippen LogP contribution in [0.15, 0.2) is 24.6 Å². The quantitative estimate of drug-likeness (QED) is 0.632. The SMILES string of the molecule is C=C1CC(C)(SSC)C(=C)N1C. The first-order valence-corrected chi connectivity index (χ1v) is 6.40. The molecule has 0 spiro atoms. The van der Waals surface area contributed by atoms with Crippen LogP contribution in [0.3, 0.4) is 0 Å². The Hall–Kier alpha value is -0.0200. The van der Waals surface area contributed by atoms with E-state index in [1.54, 1.807) is 10.8 Å². The minimum Gasteiger partial charge on any atom is -0.351 e. The summed E-state index contributed by atoms with van der Waals surface area (Å²) in [4.78, 5) is 2.10. The molecule has 1 unspecified atom stereocenters. The molecule has 0 radical (unpaired) electrons. The second kappa shape index (κ2) is 3.38. The van der Waals surface area contributed by atoms with E-state index in [9.17, 15) is 0 Å². The Bertz CT molecular complexity index is 225. The summed E-state index contributed by atoms with van der Waals surface area (Å²) in [6.07, 6.45) is 3.12. The number of hydrogen-bond donors (Lipinski definition) is 0. The summed E-state index contributed by atoms with van der Waals surface area (Å²) in [6.45, 7) is 10.3. The fraction of sp³-hybridized carbons (Fsp3) is 0.556. The monoisotopic (exact) mass is 201 g/mol. The van der Waals surface area contributed by atoms with Crippen molar-refractivity contribution >= 4 is 21.6 Å². The van der Waals surface area contributed by atoms with Gasteiger partial charge in [-0.15, -0.1) is 0 Å². The topological polar surface area (TPSA) is 3.24 Å². The first-order chi connectivity index (χ1) is 5.51. The standard InChI is InChI=1S/C9H15NS2/c1-7-6-9(3,12-11-5)8(2)10(7)4/h1-2,6H2,3-5H3. The molecular weight excluding hydrogens is 186 g/mol. The highest BCUT2D eigenvalue weighted by Crippen LogP contribution is 2.49. The van der Waals surface area contributed by atoms with Crippen molar-refractivity contribution in [2.75, 3.05) is 13.3 Å². The van der Waals surface area contributed by atoms with E-state index in [1.807, 2.05) is 17.8 Å². The zero-order chi connectivity index (χ0) is 9.35. The van der Waals surface area contributed by atoms with Crippen molar-refractivity contribution in [3.8, 4) is 0 Å². The molecule has 1 saturated heterocycles. The van der Waals surface area contributed by atoms with Crippen LogP contribution in [-0.4, -0.2) is 23.0 Å². The van der Waals surface area contributed by atoms with E-state index in [0.29, 0.717) is 0 Å². The average Bonchev–Trinajstić information content (AvgIpc) is 2.17. The van der Waals surface area contributed by atoms with Gasteiger partial charge in [0.05, 0.1) is 4.75 Å². The summed E-state index contributed by atoms with van der Waals surface area (Å²) < 4.78 is 0.158. The van der Waals surface area contributed by atoms with Gasteiger partial charge in [-0.1, -0.05) is 34.7 Å². The number of hydrogen-bond acceptors (Lipinski definition) is 3. The molecule has 12 heavy (non-hydrogen) atoms. The maximum Gasteiger partial charge on any atom is 0.0683 e. The van der Waals surface area contributed by atoms with Gasteiger partial charge in [0.15, 0.2) is 0 Å². The van der Waals surface area contributed by atoms with Gasteiger partial charge >= 0.3 is 0 Å². The normalized spacial score (nSPS) is 30.1. The van der Waals surface area contributed by atoms with Crippen LogP contribution in [-0.2, 0) is 0 Å². The van der Waals surface area contributed by atoms with E-state index in [2.05, 4.69) is 31.2 Å². The molecule has 1 fully saturated rings. The van der Waals surface area contributed by atoms with E-state index < -0.39 is 0 Å². The van der Waals surface area contributed by atoms with Crippen LogP contribution in [0.2, 0.25) is 0 Å². The van der Waals surface area contributed by atoms with Crippen LogP contribution >= 0.6 is 21.6 Å². The Kier molecular flexibility index (Phi) is 2.84. The highest BCUT2D eigenvalue weighted by molar-refractivity contribution is 8.77. The molecule has 68 valence electrons. The van der Waals surface area contributed by atoms with Crippen LogP contribution in [0.4, 0.5) is 0 Å². The van der Waals surface area contributed by atoms with E-state index in [-0.39, 0.29) is 4.75 Å². The highest BCUT2D eigenvalue weighted by Gasteiger charge is 2.38. The fourth-order valence-corrected chi connectivity index (χ4v) is 3.81. The Balaban J connectivity index is 2.82. The third-order valence-electron chi connectivity index (χ3n) is 2.30. The lowest BCUT2D eigenvalue weighted by molar-refractivity contribution is 0.554. The summed E-state index contributed by atoms with van der Waals surface area (Å²) >= 11 is 0. The van der Waals surface area contributed by atoms with E-state index in [0.717, 1.165) is 6.42 Å². The molecule has 0 amide bonds. The largest absolute Gasteiger partial charge is 0.351 e. The van der Waals surface area contributed by atoms with Gasteiger partial charge in [-0.3, -0.25) is 0 Å². The van der Waals surface area contributed by atoms with Gasteiger partial charge in [-0.2, -0.15) is 0 Å². The second-order valence-corrected chi connectivity index (χ2v) is 6.13. The zero-order valence-corrected chi connectivity index (χ0v) is 9.52. The molecule has 1 atom stereocenters. The molecule has 1 aliphatic rings. The van der Waals surface area contributed by atoms with Crippen LogP contribution in [0, 0.1) is 0 Å². The lowest BCUT2D eigenvalue weighted by Gasteiger charge is -2.23. The molecule has 1 nitrogen and oxygen atoms in total. The first kappa shape index (κ1) is 10.1. The summed E-state index contributed by atoms with van der Waals surface area (Å²) in [5.41, 5.74) is 2.34. The van der Waals surface area contributed by atoms with Crippen LogP contribution in [0.25, 0.3) is 0 Å². The van der Waals surface area contributed by atoms with Crippen molar-refractivity contribution in [1.29, 1.82) is 0 Å². The summed E-state index contributed by atoms with van der Waals surface area (Å²) in [6, 6.07) is 0. The van der Waals surface area contributed by atoms with Crippen molar-refractivity contribution < 1.29 is 0 Å². The van der Waals surface area contributed by atoms with Crippen LogP contribution in [0.5, 0.6) is 0 Å². The lowest BCUT2D eigenvalue weighted by Crippen LogP contribution is -2.19. The van der Waals surface area contributed by atoms with Gasteiger partial charge in [0.2, 0.25) is 0 Å². The predicted molar refractivity (Wildman–Crippen MR) is 60.2 cm³/mol. The van der Waals surface area contributed by atoms with Crippen LogP contribution < -0.4 is 0 Å². The molecule has 0 aliphatic carbocycles. The summed E-state index contributed by atoms with van der Waals surface area (Å²) in [7, 11) is 5.70. The fourth-order valence-electron chi connectivity index (χ4n) is 1.42. The van der Waals surface area contributed by atoms with E-state index >= 15 is 0 Å². The molecule has 0 aromatic rings. The molecule has 0 bridgehead atoms. The van der Waals surface area contributed by atoms with Gasteiger partial charge in [-0.05, 0) is 13.2 Å². The highest BCUT2D eigenvalue weighted by atomic mass is 33.1. The maximum absolute atomic E-state index is 4.09. The summed E-state index contributed by atoms with van der Waals surface area (Å²) in [5.74, 6) is 0. The van der Waals surface area contributed by atoms with Gasteiger partial charge in [0.1, 0.15) is 0 Å². The van der Waals surface area contributed by atoms with Gasteiger partial charge in [-0.25, -0.2) is 0 Å². The van der Waals surface area contributed by atoms with Gasteiger partial charge in [0.25, 0.3) is 0 Å². The minimum absolute atomic E-state index is 0.158. The third-order valence-corrected chi connectivity index (χ3v) is 4.82. The van der Waals surface area contributed by atoms with Gasteiger partial charge < -0.3 is 4.90 Å². The molecule has 0 aromatic carbocycles. The zero-order valence-electron chi connectivity index (χ0n) is 7.89. The third kappa shape index (κ3) is 1.52. The maximum atomic E-state index is 4.09. The molecular formula is C9H15NS2.